The van der Waals surface area contributed by atoms with Gasteiger partial charge in [0.15, 0.2) is 5.17 Å². The second-order valence-electron chi connectivity index (χ2n) is 6.25. The minimum absolute atomic E-state index is 0.217. The monoisotopic (exact) mass is 269 g/mol. The van der Waals surface area contributed by atoms with E-state index in [0.717, 1.165) is 11.7 Å². The van der Waals surface area contributed by atoms with Crippen LogP contribution < -0.4 is 5.32 Å². The maximum atomic E-state index is 4.85. The van der Waals surface area contributed by atoms with E-state index in [1.54, 1.807) is 0 Å². The third-order valence-electron chi connectivity index (χ3n) is 3.72. The van der Waals surface area contributed by atoms with Gasteiger partial charge in [0, 0.05) is 17.8 Å². The van der Waals surface area contributed by atoms with E-state index in [-0.39, 0.29) is 5.54 Å². The van der Waals surface area contributed by atoms with Gasteiger partial charge in [-0.2, -0.15) is 0 Å². The van der Waals surface area contributed by atoms with Crippen molar-refractivity contribution in [3.63, 3.8) is 0 Å². The highest BCUT2D eigenvalue weighted by molar-refractivity contribution is 8.13. The van der Waals surface area contributed by atoms with Crippen LogP contribution in [0.3, 0.4) is 0 Å². The summed E-state index contributed by atoms with van der Waals surface area (Å²) in [6.45, 7) is 10.4. The molecule has 104 valence electrons. The lowest BCUT2D eigenvalue weighted by Gasteiger charge is -2.33. The van der Waals surface area contributed by atoms with E-state index in [1.807, 2.05) is 11.8 Å². The Hall–Kier alpha value is -0.220. The fourth-order valence-corrected chi connectivity index (χ4v) is 4.03. The predicted molar refractivity (Wildman–Crippen MR) is 81.5 cm³/mol. The fraction of sp³-hybridized carbons (Fsp3) is 0.929. The van der Waals surface area contributed by atoms with Gasteiger partial charge >= 0.3 is 0 Å². The van der Waals surface area contributed by atoms with Gasteiger partial charge in [-0.25, -0.2) is 0 Å². The zero-order valence-corrected chi connectivity index (χ0v) is 12.9. The number of rotatable bonds is 3. The molecule has 2 saturated heterocycles. The first kappa shape index (κ1) is 14.2. The topological polar surface area (TPSA) is 27.6 Å². The lowest BCUT2D eigenvalue weighted by atomic mass is 10.0. The van der Waals surface area contributed by atoms with E-state index in [4.69, 9.17) is 4.99 Å². The third kappa shape index (κ3) is 4.47. The minimum Gasteiger partial charge on any atom is -0.360 e. The van der Waals surface area contributed by atoms with Crippen LogP contribution >= 0.6 is 11.8 Å². The highest BCUT2D eigenvalue weighted by atomic mass is 32.2. The molecule has 0 aromatic rings. The van der Waals surface area contributed by atoms with Crippen molar-refractivity contribution < 1.29 is 0 Å². The summed E-state index contributed by atoms with van der Waals surface area (Å²) < 4.78 is 0. The SMILES string of the molecule is CC(CN1CCCCC1)N=C1NC(C)(C)CCS1. The molecule has 3 nitrogen and oxygen atoms in total. The molecule has 4 heteroatoms. The summed E-state index contributed by atoms with van der Waals surface area (Å²) in [6, 6.07) is 0.409. The third-order valence-corrected chi connectivity index (χ3v) is 4.61. The number of hydrogen-bond donors (Lipinski definition) is 1. The van der Waals surface area contributed by atoms with Crippen LogP contribution in [0, 0.1) is 0 Å². The number of amidine groups is 1. The molecule has 1 atom stereocenters. The van der Waals surface area contributed by atoms with Gasteiger partial charge in [0.05, 0.1) is 6.04 Å². The van der Waals surface area contributed by atoms with Gasteiger partial charge < -0.3 is 10.2 Å². The van der Waals surface area contributed by atoms with Gasteiger partial charge in [-0.1, -0.05) is 18.2 Å². The van der Waals surface area contributed by atoms with Crippen LogP contribution in [0.1, 0.15) is 46.5 Å². The van der Waals surface area contributed by atoms with Crippen LogP contribution in [0.2, 0.25) is 0 Å². The van der Waals surface area contributed by atoms with Crippen molar-refractivity contribution in [1.82, 2.24) is 10.2 Å². The van der Waals surface area contributed by atoms with Crippen molar-refractivity contribution in [1.29, 1.82) is 0 Å². The number of thioether (sulfide) groups is 1. The van der Waals surface area contributed by atoms with E-state index < -0.39 is 0 Å². The molecule has 2 heterocycles. The van der Waals surface area contributed by atoms with Gasteiger partial charge in [-0.15, -0.1) is 0 Å². The van der Waals surface area contributed by atoms with Crippen molar-refractivity contribution in [2.45, 2.75) is 58.0 Å². The Labute approximate surface area is 116 Å². The number of hydrogen-bond acceptors (Lipinski definition) is 3. The average Bonchev–Trinajstić information content (AvgIpc) is 2.28. The minimum atomic E-state index is 0.217. The molecular weight excluding hydrogens is 242 g/mol. The van der Waals surface area contributed by atoms with E-state index >= 15 is 0 Å². The lowest BCUT2D eigenvalue weighted by molar-refractivity contribution is 0.220. The average molecular weight is 269 g/mol. The van der Waals surface area contributed by atoms with Crippen molar-refractivity contribution in [2.75, 3.05) is 25.4 Å². The number of nitrogens with zero attached hydrogens (tertiary/aromatic N) is 2. The second kappa shape index (κ2) is 6.29. The van der Waals surface area contributed by atoms with Gasteiger partial charge in [0.25, 0.3) is 0 Å². The molecule has 2 aliphatic rings. The van der Waals surface area contributed by atoms with Crippen LogP contribution in [0.4, 0.5) is 0 Å². The van der Waals surface area contributed by atoms with Gasteiger partial charge in [-0.3, -0.25) is 4.99 Å². The van der Waals surface area contributed by atoms with Crippen LogP contribution in [0.15, 0.2) is 4.99 Å². The molecule has 0 aliphatic carbocycles. The highest BCUT2D eigenvalue weighted by Gasteiger charge is 2.24. The van der Waals surface area contributed by atoms with Gasteiger partial charge in [-0.05, 0) is 53.1 Å². The molecule has 2 fully saturated rings. The molecule has 0 radical (unpaired) electrons. The first-order chi connectivity index (χ1) is 8.55. The molecule has 1 unspecified atom stereocenters. The Bertz CT molecular complexity index is 295. The lowest BCUT2D eigenvalue weighted by Crippen LogP contribution is -2.46. The summed E-state index contributed by atoms with van der Waals surface area (Å²) in [6.07, 6.45) is 5.36. The smallest absolute Gasteiger partial charge is 0.157 e. The molecule has 2 aliphatic heterocycles. The quantitative estimate of drug-likeness (QED) is 0.854. The molecule has 0 amide bonds. The number of nitrogens with one attached hydrogen (secondary N) is 1. The summed E-state index contributed by atoms with van der Waals surface area (Å²) in [5, 5.41) is 4.70. The standard InChI is InChI=1S/C14H27N3S/c1-12(11-17-8-5-4-6-9-17)15-13-16-14(2,3)7-10-18-13/h12H,4-11H2,1-3H3,(H,15,16). The fourth-order valence-electron chi connectivity index (χ4n) is 2.62. The Morgan fingerprint density at radius 1 is 1.33 bits per heavy atom. The Kier molecular flexibility index (Phi) is 4.96. The van der Waals surface area contributed by atoms with Crippen LogP contribution in [0.5, 0.6) is 0 Å². The second-order valence-corrected chi connectivity index (χ2v) is 7.34. The molecule has 0 bridgehead atoms. The van der Waals surface area contributed by atoms with E-state index in [9.17, 15) is 0 Å². The zero-order chi connectivity index (χ0) is 13.0. The first-order valence-corrected chi connectivity index (χ1v) is 8.25. The van der Waals surface area contributed by atoms with Crippen molar-refractivity contribution in [3.8, 4) is 0 Å². The molecule has 0 saturated carbocycles. The highest BCUT2D eigenvalue weighted by Crippen LogP contribution is 2.22. The Morgan fingerprint density at radius 2 is 2.06 bits per heavy atom. The Morgan fingerprint density at radius 3 is 2.72 bits per heavy atom. The van der Waals surface area contributed by atoms with E-state index in [0.29, 0.717) is 6.04 Å². The number of piperidine rings is 1. The molecule has 1 N–H and O–H groups in total. The molecule has 0 aromatic heterocycles. The first-order valence-electron chi connectivity index (χ1n) is 7.26. The maximum Gasteiger partial charge on any atom is 0.157 e. The van der Waals surface area contributed by atoms with Crippen molar-refractivity contribution in [3.05, 3.63) is 0 Å². The maximum absolute atomic E-state index is 4.85. The Balaban J connectivity index is 1.83. The number of aliphatic imine (C=N–C) groups is 1. The zero-order valence-electron chi connectivity index (χ0n) is 12.0. The van der Waals surface area contributed by atoms with Crippen LogP contribution in [-0.4, -0.2) is 47.0 Å². The largest absolute Gasteiger partial charge is 0.360 e. The van der Waals surface area contributed by atoms with Crippen LogP contribution in [0.25, 0.3) is 0 Å². The van der Waals surface area contributed by atoms with Crippen molar-refractivity contribution in [2.24, 2.45) is 4.99 Å². The molecule has 2 rings (SSSR count). The van der Waals surface area contributed by atoms with E-state index in [2.05, 4.69) is 31.0 Å². The molecule has 18 heavy (non-hydrogen) atoms. The molecule has 0 aromatic carbocycles. The summed E-state index contributed by atoms with van der Waals surface area (Å²) in [5.41, 5.74) is 0.217. The molecule has 0 spiro atoms. The summed E-state index contributed by atoms with van der Waals surface area (Å²) in [7, 11) is 0. The van der Waals surface area contributed by atoms with Gasteiger partial charge in [0.1, 0.15) is 0 Å². The van der Waals surface area contributed by atoms with Gasteiger partial charge in [0.2, 0.25) is 0 Å². The summed E-state index contributed by atoms with van der Waals surface area (Å²) in [4.78, 5) is 7.42. The van der Waals surface area contributed by atoms with Crippen molar-refractivity contribution >= 4 is 16.9 Å². The summed E-state index contributed by atoms with van der Waals surface area (Å²) in [5.74, 6) is 1.19. The van der Waals surface area contributed by atoms with E-state index in [1.165, 1.54) is 44.5 Å². The number of likely N-dealkylation sites (tertiary alicyclic amines) is 1. The summed E-state index contributed by atoms with van der Waals surface area (Å²) >= 11 is 1.88. The molecular formula is C14H27N3S. The predicted octanol–water partition coefficient (Wildman–Crippen LogP) is 2.72. The van der Waals surface area contributed by atoms with Crippen LogP contribution in [-0.2, 0) is 0 Å². The normalized spacial score (nSPS) is 28.9.